The molecular formula is C8H22BNaO4. The Morgan fingerprint density at radius 2 is 0.929 bits per heavy atom. The van der Waals surface area contributed by atoms with E-state index in [9.17, 15) is 0 Å². The van der Waals surface area contributed by atoms with Crippen LogP contribution in [0.25, 0.3) is 0 Å². The molecule has 0 aliphatic rings. The number of rotatable bonds is 9. The van der Waals surface area contributed by atoms with Crippen LogP contribution in [0.4, 0.5) is 0 Å². The molecule has 14 heavy (non-hydrogen) atoms. The van der Waals surface area contributed by atoms with Crippen molar-refractivity contribution >= 4 is 8.41 Å². The summed E-state index contributed by atoms with van der Waals surface area (Å²) in [4.78, 5) is 0. The SMILES string of the molecule is COCCOCCOCCOC.[BH4-].[Na+]. The summed E-state index contributed by atoms with van der Waals surface area (Å²) in [5.41, 5.74) is 0. The molecule has 0 aromatic carbocycles. The van der Waals surface area contributed by atoms with Crippen molar-refractivity contribution in [3.8, 4) is 0 Å². The van der Waals surface area contributed by atoms with E-state index in [2.05, 4.69) is 0 Å². The Bertz CT molecular complexity index is 77.7. The van der Waals surface area contributed by atoms with Crippen molar-refractivity contribution < 1.29 is 48.5 Å². The fraction of sp³-hybridized carbons (Fsp3) is 1.00. The van der Waals surface area contributed by atoms with E-state index in [0.29, 0.717) is 39.6 Å². The van der Waals surface area contributed by atoms with Crippen LogP contribution < -0.4 is 29.6 Å². The first-order valence-electron chi connectivity index (χ1n) is 4.05. The first-order valence-corrected chi connectivity index (χ1v) is 4.05. The molecule has 6 heteroatoms. The Morgan fingerprint density at radius 1 is 0.643 bits per heavy atom. The Hall–Kier alpha value is 0.905. The predicted molar refractivity (Wildman–Crippen MR) is 56.7 cm³/mol. The van der Waals surface area contributed by atoms with Crippen molar-refractivity contribution in [1.29, 1.82) is 0 Å². The van der Waals surface area contributed by atoms with Crippen molar-refractivity contribution in [2.75, 3.05) is 53.9 Å². The van der Waals surface area contributed by atoms with Crippen LogP contribution in [0.2, 0.25) is 0 Å². The van der Waals surface area contributed by atoms with Gasteiger partial charge in [-0.1, -0.05) is 8.41 Å². The van der Waals surface area contributed by atoms with E-state index in [0.717, 1.165) is 0 Å². The molecule has 0 saturated heterocycles. The zero-order valence-electron chi connectivity index (χ0n) is 8.88. The second-order valence-corrected chi connectivity index (χ2v) is 2.21. The fourth-order valence-corrected chi connectivity index (χ4v) is 0.606. The summed E-state index contributed by atoms with van der Waals surface area (Å²) in [5.74, 6) is 0. The number of hydrogen-bond donors (Lipinski definition) is 0. The largest absolute Gasteiger partial charge is 1.00 e. The molecule has 0 rings (SSSR count). The summed E-state index contributed by atoms with van der Waals surface area (Å²) in [6.45, 7) is 3.77. The van der Waals surface area contributed by atoms with Crippen molar-refractivity contribution in [3.63, 3.8) is 0 Å². The van der Waals surface area contributed by atoms with Crippen molar-refractivity contribution in [1.82, 2.24) is 0 Å². The molecule has 0 heterocycles. The van der Waals surface area contributed by atoms with E-state index >= 15 is 0 Å². The molecule has 0 fully saturated rings. The quantitative estimate of drug-likeness (QED) is 0.290. The minimum atomic E-state index is 0. The standard InChI is InChI=1S/C8H18O4.BH4.Na/c1-9-3-5-11-7-8-12-6-4-10-2;;/h3-8H2,1-2H3;1H4;/q;-1;+1. The molecule has 0 bridgehead atoms. The monoisotopic (exact) mass is 216 g/mol. The molecule has 0 unspecified atom stereocenters. The van der Waals surface area contributed by atoms with Crippen LogP contribution in [-0.4, -0.2) is 62.3 Å². The topological polar surface area (TPSA) is 36.9 Å². The van der Waals surface area contributed by atoms with Crippen molar-refractivity contribution in [3.05, 3.63) is 0 Å². The molecule has 0 N–H and O–H groups in total. The van der Waals surface area contributed by atoms with Crippen LogP contribution in [0.15, 0.2) is 0 Å². The van der Waals surface area contributed by atoms with Crippen LogP contribution in [0, 0.1) is 0 Å². The first-order chi connectivity index (χ1) is 5.91. The normalized spacial score (nSPS) is 9.00. The Balaban J connectivity index is -0.000000605. The van der Waals surface area contributed by atoms with Gasteiger partial charge in [0, 0.05) is 14.2 Å². The van der Waals surface area contributed by atoms with Gasteiger partial charge in [-0.3, -0.25) is 0 Å². The van der Waals surface area contributed by atoms with E-state index < -0.39 is 0 Å². The van der Waals surface area contributed by atoms with Gasteiger partial charge >= 0.3 is 29.6 Å². The van der Waals surface area contributed by atoms with Gasteiger partial charge in [0.2, 0.25) is 0 Å². The molecule has 0 spiro atoms. The van der Waals surface area contributed by atoms with Crippen LogP contribution in [0.3, 0.4) is 0 Å². The zero-order chi connectivity index (χ0) is 9.07. The molecule has 0 atom stereocenters. The third-order valence-electron chi connectivity index (χ3n) is 1.24. The maximum absolute atomic E-state index is 5.16. The molecule has 0 radical (unpaired) electrons. The zero-order valence-corrected chi connectivity index (χ0v) is 10.9. The first kappa shape index (κ1) is 20.3. The summed E-state index contributed by atoms with van der Waals surface area (Å²) in [6, 6.07) is 0. The summed E-state index contributed by atoms with van der Waals surface area (Å²) in [7, 11) is 3.30. The molecule has 0 aliphatic heterocycles. The molecule has 0 aromatic heterocycles. The summed E-state index contributed by atoms with van der Waals surface area (Å²) in [5, 5.41) is 0. The van der Waals surface area contributed by atoms with Gasteiger partial charge < -0.3 is 18.9 Å². The van der Waals surface area contributed by atoms with E-state index in [1.807, 2.05) is 0 Å². The Labute approximate surface area is 110 Å². The van der Waals surface area contributed by atoms with Gasteiger partial charge in [-0.05, 0) is 0 Å². The molecule has 82 valence electrons. The van der Waals surface area contributed by atoms with Crippen molar-refractivity contribution in [2.45, 2.75) is 0 Å². The van der Waals surface area contributed by atoms with Crippen LogP contribution in [0.5, 0.6) is 0 Å². The van der Waals surface area contributed by atoms with E-state index in [4.69, 9.17) is 18.9 Å². The molecule has 4 nitrogen and oxygen atoms in total. The molecule has 0 amide bonds. The number of ether oxygens (including phenoxy) is 4. The van der Waals surface area contributed by atoms with Gasteiger partial charge in [0.05, 0.1) is 39.6 Å². The third kappa shape index (κ3) is 18.6. The van der Waals surface area contributed by atoms with Gasteiger partial charge in [-0.15, -0.1) is 0 Å². The minimum absolute atomic E-state index is 0. The third-order valence-corrected chi connectivity index (χ3v) is 1.24. The molecule has 0 saturated carbocycles. The molecule has 0 aliphatic carbocycles. The van der Waals surface area contributed by atoms with Gasteiger partial charge in [0.25, 0.3) is 0 Å². The van der Waals surface area contributed by atoms with E-state index in [1.54, 1.807) is 14.2 Å². The van der Waals surface area contributed by atoms with Gasteiger partial charge in [-0.25, -0.2) is 0 Å². The second kappa shape index (κ2) is 19.5. The fourth-order valence-electron chi connectivity index (χ4n) is 0.606. The number of methoxy groups -OCH3 is 2. The predicted octanol–water partition coefficient (Wildman–Crippen LogP) is -4.14. The number of hydrogen-bond acceptors (Lipinski definition) is 4. The maximum atomic E-state index is 5.16. The smallest absolute Gasteiger partial charge is 0.382 e. The van der Waals surface area contributed by atoms with Gasteiger partial charge in [0.1, 0.15) is 0 Å². The van der Waals surface area contributed by atoms with Crippen LogP contribution in [0.1, 0.15) is 0 Å². The summed E-state index contributed by atoms with van der Waals surface area (Å²) >= 11 is 0. The second-order valence-electron chi connectivity index (χ2n) is 2.21. The van der Waals surface area contributed by atoms with E-state index in [1.165, 1.54) is 0 Å². The average Bonchev–Trinajstić information content (AvgIpc) is 2.10. The minimum Gasteiger partial charge on any atom is -0.382 e. The average molecular weight is 216 g/mol. The van der Waals surface area contributed by atoms with Gasteiger partial charge in [0.15, 0.2) is 0 Å². The molecule has 0 aromatic rings. The van der Waals surface area contributed by atoms with E-state index in [-0.39, 0.29) is 38.0 Å². The summed E-state index contributed by atoms with van der Waals surface area (Å²) < 4.78 is 19.9. The Morgan fingerprint density at radius 3 is 1.21 bits per heavy atom. The van der Waals surface area contributed by atoms with Crippen molar-refractivity contribution in [2.24, 2.45) is 0 Å². The van der Waals surface area contributed by atoms with Crippen LogP contribution in [-0.2, 0) is 18.9 Å². The molecular weight excluding hydrogens is 194 g/mol. The van der Waals surface area contributed by atoms with Gasteiger partial charge in [-0.2, -0.15) is 0 Å². The van der Waals surface area contributed by atoms with Crippen LogP contribution >= 0.6 is 0 Å². The Kier molecular flexibility index (Phi) is 28.3. The summed E-state index contributed by atoms with van der Waals surface area (Å²) in [6.07, 6.45) is 0. The maximum Gasteiger partial charge on any atom is 1.00 e.